The maximum atomic E-state index is 13.1. The van der Waals surface area contributed by atoms with Crippen LogP contribution in [0.4, 0.5) is 13.9 Å². The van der Waals surface area contributed by atoms with Crippen molar-refractivity contribution in [2.75, 3.05) is 25.4 Å². The van der Waals surface area contributed by atoms with Crippen LogP contribution in [0.5, 0.6) is 0 Å². The first-order valence-corrected chi connectivity index (χ1v) is 12.9. The summed E-state index contributed by atoms with van der Waals surface area (Å²) in [6.45, 7) is 4.08. The summed E-state index contributed by atoms with van der Waals surface area (Å²) in [4.78, 5) is 60.5. The van der Waals surface area contributed by atoms with E-state index >= 15 is 0 Å². The van der Waals surface area contributed by atoms with Crippen LogP contribution >= 0.6 is 23.1 Å². The van der Waals surface area contributed by atoms with E-state index in [0.29, 0.717) is 6.08 Å². The Kier molecular flexibility index (Phi) is 9.09. The number of nitrogen functional groups attached to an aromatic ring is 1. The zero-order valence-electron chi connectivity index (χ0n) is 20.7. The molecule has 1 aromatic rings. The lowest BCUT2D eigenvalue weighted by Gasteiger charge is -2.49. The highest BCUT2D eigenvalue weighted by molar-refractivity contribution is 8.00. The largest absolute Gasteiger partial charge is 0.427 e. The van der Waals surface area contributed by atoms with E-state index in [1.54, 1.807) is 20.8 Å². The first kappa shape index (κ1) is 29.0. The van der Waals surface area contributed by atoms with Crippen molar-refractivity contribution >= 4 is 57.7 Å². The fourth-order valence-electron chi connectivity index (χ4n) is 3.27. The van der Waals surface area contributed by atoms with Gasteiger partial charge >= 0.3 is 11.9 Å². The monoisotopic (exact) mass is 573 g/mol. The van der Waals surface area contributed by atoms with Gasteiger partial charge in [0.05, 0.1) is 5.41 Å². The third-order valence-corrected chi connectivity index (χ3v) is 7.05. The molecule has 2 atom stereocenters. The number of thioether (sulfide) groups is 1. The summed E-state index contributed by atoms with van der Waals surface area (Å²) in [7, 11) is 1.23. The number of anilines is 1. The van der Waals surface area contributed by atoms with Gasteiger partial charge < -0.3 is 25.4 Å². The average molecular weight is 574 g/mol. The molecule has 1 saturated heterocycles. The van der Waals surface area contributed by atoms with E-state index in [1.807, 2.05) is 0 Å². The number of alkyl halides is 2. The molecule has 0 radical (unpaired) electrons. The molecule has 38 heavy (non-hydrogen) atoms. The predicted octanol–water partition coefficient (Wildman–Crippen LogP) is 1.64. The summed E-state index contributed by atoms with van der Waals surface area (Å²) >= 11 is 2.22. The average Bonchev–Trinajstić information content (AvgIpc) is 3.28. The number of thiazole rings is 1. The number of halogens is 2. The number of aromatic nitrogens is 1. The first-order chi connectivity index (χ1) is 17.8. The zero-order chi connectivity index (χ0) is 28.2. The van der Waals surface area contributed by atoms with Crippen molar-refractivity contribution in [2.24, 2.45) is 10.6 Å². The summed E-state index contributed by atoms with van der Waals surface area (Å²) in [5.74, 6) is -3.10. The summed E-state index contributed by atoms with van der Waals surface area (Å²) < 4.78 is 35.6. The van der Waals surface area contributed by atoms with Gasteiger partial charge in [-0.3, -0.25) is 19.3 Å². The molecule has 3 heterocycles. The van der Waals surface area contributed by atoms with Gasteiger partial charge in [-0.1, -0.05) is 11.2 Å². The smallest absolute Gasteiger partial charge is 0.358 e. The minimum Gasteiger partial charge on any atom is -0.427 e. The first-order valence-electron chi connectivity index (χ1n) is 11.0. The second kappa shape index (κ2) is 11.9. The molecule has 0 bridgehead atoms. The molecule has 2 aliphatic heterocycles. The Labute approximate surface area is 224 Å². The van der Waals surface area contributed by atoms with Gasteiger partial charge in [0, 0.05) is 11.1 Å². The van der Waals surface area contributed by atoms with Gasteiger partial charge in [0.15, 0.2) is 10.8 Å². The molecule has 12 nitrogen and oxygen atoms in total. The molecule has 2 amide bonds. The third-order valence-electron chi connectivity index (χ3n) is 5.08. The number of carbonyl (C=O) groups excluding carboxylic acids is 4. The fourth-order valence-corrected chi connectivity index (χ4v) is 5.14. The molecule has 0 spiro atoms. The number of nitrogens with one attached hydrogen (secondary N) is 1. The lowest BCUT2D eigenvalue weighted by molar-refractivity contribution is -0.173. The number of hydrogen-bond donors (Lipinski definition) is 2. The summed E-state index contributed by atoms with van der Waals surface area (Å²) in [5.41, 5.74) is 4.51. The van der Waals surface area contributed by atoms with Gasteiger partial charge in [-0.2, -0.15) is 0 Å². The minimum absolute atomic E-state index is 0.0535. The number of rotatable bonds is 9. The third kappa shape index (κ3) is 6.48. The number of ether oxygens (including phenoxy) is 2. The quantitative estimate of drug-likeness (QED) is 0.146. The van der Waals surface area contributed by atoms with Gasteiger partial charge in [0.25, 0.3) is 18.2 Å². The molecule has 1 aromatic heterocycles. The van der Waals surface area contributed by atoms with Gasteiger partial charge in [0.1, 0.15) is 29.9 Å². The van der Waals surface area contributed by atoms with Crippen LogP contribution in [0.2, 0.25) is 0 Å². The van der Waals surface area contributed by atoms with Crippen molar-refractivity contribution in [3.05, 3.63) is 34.5 Å². The highest BCUT2D eigenvalue weighted by Gasteiger charge is 2.54. The van der Waals surface area contributed by atoms with Crippen molar-refractivity contribution in [2.45, 2.75) is 38.6 Å². The van der Waals surface area contributed by atoms with Crippen LogP contribution in [0.3, 0.4) is 0 Å². The second-order valence-corrected chi connectivity index (χ2v) is 10.8. The van der Waals surface area contributed by atoms with Crippen LogP contribution in [0, 0.1) is 5.41 Å². The Bertz CT molecular complexity index is 1210. The van der Waals surface area contributed by atoms with Crippen LogP contribution in [0.25, 0.3) is 0 Å². The Morgan fingerprint density at radius 2 is 2.05 bits per heavy atom. The lowest BCUT2D eigenvalue weighted by atomic mass is 9.98. The normalized spacial score (nSPS) is 19.8. The van der Waals surface area contributed by atoms with Crippen molar-refractivity contribution < 1.29 is 42.3 Å². The molecule has 3 rings (SSSR count). The SMILES string of the molecule is CO/N=C(\C(=O)N[C@@H]1C(=O)N2C(C(=O)OCOC(=O)C(C)(C)C)=C(/C=C/C(F)F)CS[C@H]12)c1csc(N)n1. The molecule has 2 aliphatic rings. The number of amides is 2. The number of hydrogen-bond acceptors (Lipinski definition) is 12. The van der Waals surface area contributed by atoms with Gasteiger partial charge in [0.2, 0.25) is 6.79 Å². The van der Waals surface area contributed by atoms with Crippen LogP contribution in [0.1, 0.15) is 26.5 Å². The molecular weight excluding hydrogens is 548 g/mol. The van der Waals surface area contributed by atoms with Crippen molar-refractivity contribution in [3.8, 4) is 0 Å². The number of carbonyl (C=O) groups is 4. The highest BCUT2D eigenvalue weighted by atomic mass is 32.2. The molecule has 0 saturated carbocycles. The molecule has 206 valence electrons. The standard InChI is InChI=1S/C22H25F2N5O7S2/c1-22(2,3)20(33)36-9-35-19(32)15-10(5-6-12(23)24)7-37-18-14(17(31)29(15)18)27-16(30)13(28-34-4)11-8-38-21(25)26-11/h5-6,8,12,14,18H,7,9H2,1-4H3,(H2,25,26)(H,27,30)/b6-5+,28-13-/t14-,18-/m1/s1. The van der Waals surface area contributed by atoms with Crippen LogP contribution in [-0.4, -0.2) is 76.8 Å². The highest BCUT2D eigenvalue weighted by Crippen LogP contribution is 2.41. The Morgan fingerprint density at radius 1 is 1.34 bits per heavy atom. The van der Waals surface area contributed by atoms with E-state index in [0.717, 1.165) is 34.1 Å². The Hall–Kier alpha value is -3.53. The number of fused-ring (bicyclic) bond motifs is 1. The van der Waals surface area contributed by atoms with E-state index in [4.69, 9.17) is 20.0 Å². The van der Waals surface area contributed by atoms with Gasteiger partial charge in [-0.05, 0) is 32.4 Å². The molecular formula is C22H25F2N5O7S2. The maximum absolute atomic E-state index is 13.1. The molecule has 0 unspecified atom stereocenters. The van der Waals surface area contributed by atoms with E-state index in [-0.39, 0.29) is 33.6 Å². The summed E-state index contributed by atoms with van der Waals surface area (Å²) in [5, 5.41) is 7.13. The minimum atomic E-state index is -2.80. The lowest BCUT2D eigenvalue weighted by Crippen LogP contribution is -2.71. The van der Waals surface area contributed by atoms with E-state index in [1.165, 1.54) is 12.5 Å². The van der Waals surface area contributed by atoms with Gasteiger partial charge in [-0.15, -0.1) is 23.1 Å². The fraction of sp³-hybridized carbons (Fsp3) is 0.455. The molecule has 0 aliphatic carbocycles. The summed E-state index contributed by atoms with van der Waals surface area (Å²) in [6.07, 6.45) is -1.20. The topological polar surface area (TPSA) is 163 Å². The molecule has 3 N–H and O–H groups in total. The second-order valence-electron chi connectivity index (χ2n) is 8.85. The number of nitrogens with two attached hydrogens (primary N) is 1. The van der Waals surface area contributed by atoms with Crippen LogP contribution in [0.15, 0.2) is 34.0 Å². The van der Waals surface area contributed by atoms with Crippen molar-refractivity contribution in [1.29, 1.82) is 0 Å². The van der Waals surface area contributed by atoms with Crippen molar-refractivity contribution in [1.82, 2.24) is 15.2 Å². The number of esters is 2. The molecule has 16 heteroatoms. The number of nitrogens with zero attached hydrogens (tertiary/aromatic N) is 3. The zero-order valence-corrected chi connectivity index (χ0v) is 22.4. The van der Waals surface area contributed by atoms with E-state index in [9.17, 15) is 28.0 Å². The summed E-state index contributed by atoms with van der Waals surface area (Å²) in [6, 6.07) is -1.08. The number of oxime groups is 1. The van der Waals surface area contributed by atoms with E-state index in [2.05, 4.69) is 15.5 Å². The number of β-lactam (4-membered cyclic amide) rings is 1. The van der Waals surface area contributed by atoms with Gasteiger partial charge in [-0.25, -0.2) is 18.6 Å². The Morgan fingerprint density at radius 3 is 2.63 bits per heavy atom. The van der Waals surface area contributed by atoms with E-state index < -0.39 is 53.8 Å². The predicted molar refractivity (Wildman–Crippen MR) is 134 cm³/mol. The molecule has 1 fully saturated rings. The maximum Gasteiger partial charge on any atom is 0.358 e. The van der Waals surface area contributed by atoms with Crippen LogP contribution in [-0.2, 0) is 33.5 Å². The van der Waals surface area contributed by atoms with Crippen LogP contribution < -0.4 is 11.1 Å². The number of allylic oxidation sites excluding steroid dienone is 2. The Balaban J connectivity index is 1.78. The van der Waals surface area contributed by atoms with Crippen molar-refractivity contribution in [3.63, 3.8) is 0 Å². The molecule has 0 aromatic carbocycles.